The van der Waals surface area contributed by atoms with Crippen LogP contribution >= 0.6 is 0 Å². The standard InChI is InChI=1S/C14H24N4O2/c1-4-8-15-12-16-13(19-9-7-11-5-6-11)18-14(17-12)20-10(2)3/h10-11H,4-9H2,1-3H3,(H,15,16,17,18). The number of aromatic nitrogens is 3. The van der Waals surface area contributed by atoms with Crippen LogP contribution < -0.4 is 14.8 Å². The summed E-state index contributed by atoms with van der Waals surface area (Å²) in [5.74, 6) is 1.35. The Balaban J connectivity index is 1.98. The van der Waals surface area contributed by atoms with E-state index in [9.17, 15) is 0 Å². The highest BCUT2D eigenvalue weighted by Gasteiger charge is 2.21. The number of hydrogen-bond donors (Lipinski definition) is 1. The summed E-state index contributed by atoms with van der Waals surface area (Å²) in [7, 11) is 0. The highest BCUT2D eigenvalue weighted by atomic mass is 16.5. The fourth-order valence-corrected chi connectivity index (χ4v) is 1.71. The molecule has 0 saturated heterocycles. The Bertz CT molecular complexity index is 422. The second-order valence-electron chi connectivity index (χ2n) is 5.40. The molecule has 1 heterocycles. The molecule has 0 aliphatic heterocycles. The molecule has 0 atom stereocenters. The summed E-state index contributed by atoms with van der Waals surface area (Å²) < 4.78 is 11.2. The summed E-state index contributed by atoms with van der Waals surface area (Å²) >= 11 is 0. The quantitative estimate of drug-likeness (QED) is 0.750. The van der Waals surface area contributed by atoms with E-state index in [4.69, 9.17) is 9.47 Å². The second kappa shape index (κ2) is 7.26. The van der Waals surface area contributed by atoms with Crippen molar-refractivity contribution in [3.05, 3.63) is 0 Å². The molecule has 1 aliphatic carbocycles. The smallest absolute Gasteiger partial charge is 0.324 e. The first kappa shape index (κ1) is 14.8. The molecule has 6 nitrogen and oxygen atoms in total. The number of nitrogens with zero attached hydrogens (tertiary/aromatic N) is 3. The van der Waals surface area contributed by atoms with Gasteiger partial charge in [-0.05, 0) is 32.6 Å². The largest absolute Gasteiger partial charge is 0.463 e. The second-order valence-corrected chi connectivity index (χ2v) is 5.40. The number of nitrogens with one attached hydrogen (secondary N) is 1. The molecule has 0 unspecified atom stereocenters. The highest BCUT2D eigenvalue weighted by molar-refractivity contribution is 5.27. The van der Waals surface area contributed by atoms with Gasteiger partial charge in [0.25, 0.3) is 0 Å². The number of rotatable bonds is 9. The van der Waals surface area contributed by atoms with Gasteiger partial charge in [0.1, 0.15) is 0 Å². The summed E-state index contributed by atoms with van der Waals surface area (Å²) in [6, 6.07) is 0.657. The zero-order valence-electron chi connectivity index (χ0n) is 12.6. The van der Waals surface area contributed by atoms with E-state index >= 15 is 0 Å². The topological polar surface area (TPSA) is 69.2 Å². The molecule has 1 aromatic rings. The van der Waals surface area contributed by atoms with E-state index in [0.29, 0.717) is 24.6 Å². The molecule has 1 saturated carbocycles. The van der Waals surface area contributed by atoms with Gasteiger partial charge in [0.2, 0.25) is 5.95 Å². The molecular weight excluding hydrogens is 256 g/mol. The predicted octanol–water partition coefficient (Wildman–Crippen LogP) is 2.66. The summed E-state index contributed by atoms with van der Waals surface area (Å²) in [6.07, 6.45) is 4.75. The van der Waals surface area contributed by atoms with Crippen molar-refractivity contribution in [2.45, 2.75) is 52.6 Å². The van der Waals surface area contributed by atoms with E-state index in [2.05, 4.69) is 27.2 Å². The summed E-state index contributed by atoms with van der Waals surface area (Å²) in [4.78, 5) is 12.7. The molecule has 0 aromatic carbocycles. The number of ether oxygens (including phenoxy) is 2. The molecule has 2 rings (SSSR count). The van der Waals surface area contributed by atoms with Crippen LogP contribution in [0.5, 0.6) is 12.0 Å². The molecule has 0 amide bonds. The minimum absolute atomic E-state index is 0.0238. The molecule has 1 aliphatic rings. The molecule has 0 radical (unpaired) electrons. The van der Waals surface area contributed by atoms with Gasteiger partial charge in [0.05, 0.1) is 12.7 Å². The van der Waals surface area contributed by atoms with Crippen molar-refractivity contribution in [1.82, 2.24) is 15.0 Å². The van der Waals surface area contributed by atoms with Crippen LogP contribution in [0.15, 0.2) is 0 Å². The van der Waals surface area contributed by atoms with Crippen molar-refractivity contribution in [3.8, 4) is 12.0 Å². The van der Waals surface area contributed by atoms with E-state index in [1.165, 1.54) is 12.8 Å². The first-order chi connectivity index (χ1) is 9.67. The minimum Gasteiger partial charge on any atom is -0.463 e. The van der Waals surface area contributed by atoms with Crippen molar-refractivity contribution in [2.75, 3.05) is 18.5 Å². The molecule has 6 heteroatoms. The van der Waals surface area contributed by atoms with Crippen molar-refractivity contribution in [3.63, 3.8) is 0 Å². The Kier molecular flexibility index (Phi) is 5.38. The normalized spacial score (nSPS) is 14.4. The van der Waals surface area contributed by atoms with E-state index in [-0.39, 0.29) is 6.10 Å². The van der Waals surface area contributed by atoms with Crippen LogP contribution in [-0.4, -0.2) is 34.2 Å². The lowest BCUT2D eigenvalue weighted by atomic mass is 10.3. The minimum atomic E-state index is 0.0238. The van der Waals surface area contributed by atoms with Crippen LogP contribution in [-0.2, 0) is 0 Å². The molecule has 0 bridgehead atoms. The fraction of sp³-hybridized carbons (Fsp3) is 0.786. The molecule has 112 valence electrons. The van der Waals surface area contributed by atoms with Crippen molar-refractivity contribution >= 4 is 5.95 Å². The monoisotopic (exact) mass is 280 g/mol. The van der Waals surface area contributed by atoms with E-state index < -0.39 is 0 Å². The van der Waals surface area contributed by atoms with Gasteiger partial charge in [-0.2, -0.15) is 9.97 Å². The summed E-state index contributed by atoms with van der Waals surface area (Å²) in [5, 5.41) is 3.14. The molecule has 0 spiro atoms. The van der Waals surface area contributed by atoms with Gasteiger partial charge in [-0.15, -0.1) is 4.98 Å². The molecule has 1 N–H and O–H groups in total. The maximum Gasteiger partial charge on any atom is 0.324 e. The predicted molar refractivity (Wildman–Crippen MR) is 77.2 cm³/mol. The first-order valence-corrected chi connectivity index (χ1v) is 7.46. The summed E-state index contributed by atoms with van der Waals surface area (Å²) in [6.45, 7) is 7.44. The lowest BCUT2D eigenvalue weighted by Gasteiger charge is -2.11. The summed E-state index contributed by atoms with van der Waals surface area (Å²) in [5.41, 5.74) is 0. The van der Waals surface area contributed by atoms with Crippen molar-refractivity contribution in [1.29, 1.82) is 0 Å². The first-order valence-electron chi connectivity index (χ1n) is 7.46. The average molecular weight is 280 g/mol. The molecule has 1 fully saturated rings. The van der Waals surface area contributed by atoms with Crippen LogP contribution in [0.3, 0.4) is 0 Å². The highest BCUT2D eigenvalue weighted by Crippen LogP contribution is 2.32. The van der Waals surface area contributed by atoms with Gasteiger partial charge in [0, 0.05) is 6.54 Å². The van der Waals surface area contributed by atoms with Gasteiger partial charge in [-0.25, -0.2) is 0 Å². The maximum absolute atomic E-state index is 5.62. The zero-order valence-corrected chi connectivity index (χ0v) is 12.6. The Morgan fingerprint density at radius 2 is 1.95 bits per heavy atom. The Labute approximate surface area is 120 Å². The lowest BCUT2D eigenvalue weighted by molar-refractivity contribution is 0.212. The van der Waals surface area contributed by atoms with E-state index in [0.717, 1.165) is 25.3 Å². The lowest BCUT2D eigenvalue weighted by Crippen LogP contribution is -2.13. The zero-order chi connectivity index (χ0) is 14.4. The number of hydrogen-bond acceptors (Lipinski definition) is 6. The van der Waals surface area contributed by atoms with Gasteiger partial charge in [-0.3, -0.25) is 0 Å². The third-order valence-corrected chi connectivity index (χ3v) is 2.92. The third kappa shape index (κ3) is 5.19. The van der Waals surface area contributed by atoms with Gasteiger partial charge >= 0.3 is 12.0 Å². The van der Waals surface area contributed by atoms with Crippen LogP contribution in [0, 0.1) is 5.92 Å². The molecule has 1 aromatic heterocycles. The van der Waals surface area contributed by atoms with Crippen molar-refractivity contribution in [2.24, 2.45) is 5.92 Å². The van der Waals surface area contributed by atoms with Crippen LogP contribution in [0.1, 0.15) is 46.5 Å². The SMILES string of the molecule is CCCNc1nc(OCCC2CC2)nc(OC(C)C)n1. The Hall–Kier alpha value is -1.59. The molecule has 20 heavy (non-hydrogen) atoms. The van der Waals surface area contributed by atoms with Crippen LogP contribution in [0.4, 0.5) is 5.95 Å². The van der Waals surface area contributed by atoms with Gasteiger partial charge in [0.15, 0.2) is 0 Å². The maximum atomic E-state index is 5.62. The van der Waals surface area contributed by atoms with Crippen LogP contribution in [0.2, 0.25) is 0 Å². The Morgan fingerprint density at radius 1 is 1.20 bits per heavy atom. The van der Waals surface area contributed by atoms with Gasteiger partial charge in [-0.1, -0.05) is 19.8 Å². The van der Waals surface area contributed by atoms with Crippen LogP contribution in [0.25, 0.3) is 0 Å². The molecular formula is C14H24N4O2. The van der Waals surface area contributed by atoms with E-state index in [1.54, 1.807) is 0 Å². The van der Waals surface area contributed by atoms with E-state index in [1.807, 2.05) is 13.8 Å². The fourth-order valence-electron chi connectivity index (χ4n) is 1.71. The average Bonchev–Trinajstić information content (AvgIpc) is 3.19. The van der Waals surface area contributed by atoms with Crippen molar-refractivity contribution < 1.29 is 9.47 Å². The third-order valence-electron chi connectivity index (χ3n) is 2.92. The number of anilines is 1. The van der Waals surface area contributed by atoms with Gasteiger partial charge < -0.3 is 14.8 Å². The Morgan fingerprint density at radius 3 is 2.60 bits per heavy atom.